The number of benzene rings is 1. The van der Waals surface area contributed by atoms with E-state index >= 15 is 0 Å². The molecule has 0 radical (unpaired) electrons. The monoisotopic (exact) mass is 223 g/mol. The van der Waals surface area contributed by atoms with Gasteiger partial charge in [-0.2, -0.15) is 0 Å². The quantitative estimate of drug-likeness (QED) is 0.819. The van der Waals surface area contributed by atoms with E-state index in [2.05, 4.69) is 39.1 Å². The van der Waals surface area contributed by atoms with E-state index in [-0.39, 0.29) is 5.82 Å². The lowest BCUT2D eigenvalue weighted by atomic mass is 9.91. The molecule has 0 fully saturated rings. The molecule has 0 atom stereocenters. The number of nitrogens with one attached hydrogen (secondary N) is 1. The third-order valence-corrected chi connectivity index (χ3v) is 2.89. The third kappa shape index (κ3) is 2.82. The topological polar surface area (TPSA) is 12.0 Å². The van der Waals surface area contributed by atoms with Gasteiger partial charge in [0.05, 0.1) is 0 Å². The molecule has 0 saturated heterocycles. The second-order valence-electron chi connectivity index (χ2n) is 4.91. The molecule has 0 saturated carbocycles. The molecule has 1 aromatic carbocycles. The number of hydrogen-bond acceptors (Lipinski definition) is 1. The van der Waals surface area contributed by atoms with Crippen LogP contribution in [0, 0.1) is 5.82 Å². The summed E-state index contributed by atoms with van der Waals surface area (Å²) in [7, 11) is 1.85. The first-order valence-corrected chi connectivity index (χ1v) is 5.94. The Hall–Kier alpha value is -0.890. The van der Waals surface area contributed by atoms with Gasteiger partial charge in [-0.05, 0) is 36.1 Å². The molecule has 0 amide bonds. The lowest BCUT2D eigenvalue weighted by Crippen LogP contribution is -2.12. The van der Waals surface area contributed by atoms with Crippen molar-refractivity contribution in [3.63, 3.8) is 0 Å². The van der Waals surface area contributed by atoms with E-state index in [1.54, 1.807) is 6.07 Å². The van der Waals surface area contributed by atoms with Crippen LogP contribution in [0.5, 0.6) is 0 Å². The average Bonchev–Trinajstić information content (AvgIpc) is 2.20. The Balaban J connectivity index is 3.27. The molecule has 1 aromatic rings. The van der Waals surface area contributed by atoms with Gasteiger partial charge in [-0.25, -0.2) is 4.39 Å². The van der Waals surface area contributed by atoms with E-state index < -0.39 is 0 Å². The first kappa shape index (κ1) is 13.2. The number of halogens is 1. The van der Waals surface area contributed by atoms with Gasteiger partial charge in [0.25, 0.3) is 0 Å². The van der Waals surface area contributed by atoms with Crippen molar-refractivity contribution in [2.24, 2.45) is 0 Å². The van der Waals surface area contributed by atoms with E-state index in [4.69, 9.17) is 0 Å². The fourth-order valence-corrected chi connectivity index (χ4v) is 1.89. The fourth-order valence-electron chi connectivity index (χ4n) is 1.89. The molecule has 0 heterocycles. The highest BCUT2D eigenvalue weighted by atomic mass is 19.1. The van der Waals surface area contributed by atoms with Crippen molar-refractivity contribution in [2.45, 2.75) is 46.1 Å². The van der Waals surface area contributed by atoms with Crippen molar-refractivity contribution < 1.29 is 4.39 Å². The van der Waals surface area contributed by atoms with Crippen molar-refractivity contribution in [1.29, 1.82) is 0 Å². The normalized spacial score (nSPS) is 11.5. The summed E-state index contributed by atoms with van der Waals surface area (Å²) in [5, 5.41) is 3.03. The largest absolute Gasteiger partial charge is 0.316 e. The highest BCUT2D eigenvalue weighted by Crippen LogP contribution is 2.27. The molecule has 1 N–H and O–H groups in total. The van der Waals surface area contributed by atoms with E-state index in [9.17, 15) is 4.39 Å². The van der Waals surface area contributed by atoms with Crippen LogP contribution in [0.3, 0.4) is 0 Å². The molecule has 0 aliphatic rings. The van der Waals surface area contributed by atoms with Gasteiger partial charge in [0, 0.05) is 12.1 Å². The zero-order valence-corrected chi connectivity index (χ0v) is 10.9. The maximum Gasteiger partial charge on any atom is 0.128 e. The number of rotatable bonds is 4. The van der Waals surface area contributed by atoms with Crippen LogP contribution >= 0.6 is 0 Å². The van der Waals surface area contributed by atoms with Crippen LogP contribution in [-0.2, 0) is 6.54 Å². The van der Waals surface area contributed by atoms with Gasteiger partial charge in [0.15, 0.2) is 0 Å². The van der Waals surface area contributed by atoms with Gasteiger partial charge in [-0.15, -0.1) is 0 Å². The van der Waals surface area contributed by atoms with Crippen LogP contribution in [0.2, 0.25) is 0 Å². The molecular weight excluding hydrogens is 201 g/mol. The molecule has 0 bridgehead atoms. The predicted octanol–water partition coefficient (Wildman–Crippen LogP) is 3.79. The Morgan fingerprint density at radius 3 is 2.19 bits per heavy atom. The minimum atomic E-state index is -0.0794. The lowest BCUT2D eigenvalue weighted by molar-refractivity contribution is 0.588. The zero-order valence-electron chi connectivity index (χ0n) is 10.9. The highest BCUT2D eigenvalue weighted by Gasteiger charge is 2.14. The van der Waals surface area contributed by atoms with E-state index in [0.29, 0.717) is 18.4 Å². The molecular formula is C14H22FN. The van der Waals surface area contributed by atoms with Gasteiger partial charge < -0.3 is 5.32 Å². The lowest BCUT2D eigenvalue weighted by Gasteiger charge is -2.17. The van der Waals surface area contributed by atoms with Gasteiger partial charge in [0.2, 0.25) is 0 Å². The van der Waals surface area contributed by atoms with Gasteiger partial charge >= 0.3 is 0 Å². The smallest absolute Gasteiger partial charge is 0.128 e. The summed E-state index contributed by atoms with van der Waals surface area (Å²) in [5.41, 5.74) is 3.01. The third-order valence-electron chi connectivity index (χ3n) is 2.89. The Bertz CT molecular complexity index is 356. The Kier molecular flexibility index (Phi) is 4.48. The molecule has 90 valence electrons. The average molecular weight is 223 g/mol. The summed E-state index contributed by atoms with van der Waals surface area (Å²) in [6.07, 6.45) is 0. The van der Waals surface area contributed by atoms with Gasteiger partial charge in [0.1, 0.15) is 5.82 Å². The minimum Gasteiger partial charge on any atom is -0.316 e. The summed E-state index contributed by atoms with van der Waals surface area (Å²) >= 11 is 0. The second kappa shape index (κ2) is 5.44. The molecule has 0 spiro atoms. The molecule has 16 heavy (non-hydrogen) atoms. The maximum absolute atomic E-state index is 14.0. The highest BCUT2D eigenvalue weighted by molar-refractivity contribution is 5.36. The van der Waals surface area contributed by atoms with Crippen molar-refractivity contribution in [3.05, 3.63) is 34.6 Å². The Labute approximate surface area is 98.1 Å². The Morgan fingerprint density at radius 1 is 1.12 bits per heavy atom. The van der Waals surface area contributed by atoms with Crippen molar-refractivity contribution >= 4 is 0 Å². The molecule has 0 aliphatic carbocycles. The van der Waals surface area contributed by atoms with Crippen LogP contribution in [0.15, 0.2) is 12.1 Å². The zero-order chi connectivity index (χ0) is 12.3. The van der Waals surface area contributed by atoms with Crippen LogP contribution in [-0.4, -0.2) is 7.05 Å². The first-order chi connectivity index (χ1) is 7.47. The van der Waals surface area contributed by atoms with Crippen molar-refractivity contribution in [2.75, 3.05) is 7.05 Å². The summed E-state index contributed by atoms with van der Waals surface area (Å²) < 4.78 is 14.0. The molecule has 1 nitrogen and oxygen atoms in total. The minimum absolute atomic E-state index is 0.0794. The second-order valence-corrected chi connectivity index (χ2v) is 4.91. The van der Waals surface area contributed by atoms with Crippen LogP contribution in [0.1, 0.15) is 56.2 Å². The summed E-state index contributed by atoms with van der Waals surface area (Å²) in [6, 6.07) is 3.81. The van der Waals surface area contributed by atoms with Crippen LogP contribution in [0.25, 0.3) is 0 Å². The molecule has 0 aliphatic heterocycles. The molecule has 0 aromatic heterocycles. The van der Waals surface area contributed by atoms with Gasteiger partial charge in [-0.3, -0.25) is 0 Å². The first-order valence-electron chi connectivity index (χ1n) is 5.94. The Morgan fingerprint density at radius 2 is 1.75 bits per heavy atom. The molecule has 2 heteroatoms. The summed E-state index contributed by atoms with van der Waals surface area (Å²) in [6.45, 7) is 9.00. The van der Waals surface area contributed by atoms with Crippen molar-refractivity contribution in [1.82, 2.24) is 5.32 Å². The molecule has 0 unspecified atom stereocenters. The summed E-state index contributed by atoms with van der Waals surface area (Å²) in [5.74, 6) is 0.649. The van der Waals surface area contributed by atoms with Gasteiger partial charge in [-0.1, -0.05) is 33.8 Å². The SMILES string of the molecule is CNCc1c(F)cc(C(C)C)cc1C(C)C. The van der Waals surface area contributed by atoms with Crippen molar-refractivity contribution in [3.8, 4) is 0 Å². The maximum atomic E-state index is 14.0. The van der Waals surface area contributed by atoms with Crippen LogP contribution in [0.4, 0.5) is 4.39 Å². The van der Waals surface area contributed by atoms with E-state index in [0.717, 1.165) is 16.7 Å². The van der Waals surface area contributed by atoms with E-state index in [1.807, 2.05) is 7.05 Å². The fraction of sp³-hybridized carbons (Fsp3) is 0.571. The van der Waals surface area contributed by atoms with E-state index in [1.165, 1.54) is 0 Å². The summed E-state index contributed by atoms with van der Waals surface area (Å²) in [4.78, 5) is 0. The standard InChI is InChI=1S/C14H22FN/c1-9(2)11-6-12(10(3)4)13(8-16-5)14(15)7-11/h6-7,9-10,16H,8H2,1-5H3. The molecule has 1 rings (SSSR count). The number of hydrogen-bond donors (Lipinski definition) is 1. The predicted molar refractivity (Wildman–Crippen MR) is 67.3 cm³/mol. The van der Waals surface area contributed by atoms with Crippen LogP contribution < -0.4 is 5.32 Å².